The Bertz CT molecular complexity index is 638. The molecule has 3 rings (SSSR count). The first kappa shape index (κ1) is 21.0. The van der Waals surface area contributed by atoms with E-state index in [9.17, 15) is 4.79 Å². The minimum absolute atomic E-state index is 0. The van der Waals surface area contributed by atoms with Crippen LogP contribution in [0.25, 0.3) is 10.8 Å². The molecule has 8 heteroatoms. The molecule has 0 bridgehead atoms. The molecule has 3 heterocycles. The molecule has 0 unspecified atom stereocenters. The zero-order valence-corrected chi connectivity index (χ0v) is 16.2. The Labute approximate surface area is 158 Å². The van der Waals surface area contributed by atoms with Crippen molar-refractivity contribution in [1.82, 2.24) is 15.2 Å². The number of aromatic nitrogens is 1. The Kier molecular flexibility index (Phi) is 8.22. The monoisotopic (exact) mass is 391 g/mol. The average Bonchev–Trinajstić information content (AvgIpc) is 3.18. The molecule has 0 aliphatic carbocycles. The van der Waals surface area contributed by atoms with Crippen molar-refractivity contribution in [2.24, 2.45) is 0 Å². The van der Waals surface area contributed by atoms with E-state index < -0.39 is 0 Å². The molecule has 1 fully saturated rings. The van der Waals surface area contributed by atoms with Gasteiger partial charge in [-0.3, -0.25) is 4.79 Å². The summed E-state index contributed by atoms with van der Waals surface area (Å²) in [6.07, 6.45) is 2.35. The number of rotatable bonds is 4. The molecule has 2 aromatic rings. The molecule has 5 nitrogen and oxygen atoms in total. The van der Waals surface area contributed by atoms with E-state index in [-0.39, 0.29) is 30.7 Å². The number of amides is 1. The fourth-order valence-electron chi connectivity index (χ4n) is 2.77. The molecule has 1 amide bonds. The lowest BCUT2D eigenvalue weighted by Crippen LogP contribution is -2.44. The summed E-state index contributed by atoms with van der Waals surface area (Å²) in [6, 6.07) is 4.48. The molecule has 1 N–H and O–H groups in total. The first-order valence-electron chi connectivity index (χ1n) is 7.62. The van der Waals surface area contributed by atoms with Crippen molar-refractivity contribution < 1.29 is 9.21 Å². The summed E-state index contributed by atoms with van der Waals surface area (Å²) in [5, 5.41) is 5.27. The number of hydrogen-bond acceptors (Lipinski definition) is 5. The van der Waals surface area contributed by atoms with Gasteiger partial charge in [0.2, 0.25) is 11.8 Å². The first-order chi connectivity index (χ1) is 10.7. The number of carbonyl (C=O) groups excluding carboxylic acids is 1. The fraction of sp³-hybridized carbons (Fsp3) is 0.500. The second kappa shape index (κ2) is 9.42. The zero-order valence-electron chi connectivity index (χ0n) is 13.8. The van der Waals surface area contributed by atoms with Gasteiger partial charge in [0.25, 0.3) is 0 Å². The molecular weight excluding hydrogens is 369 g/mol. The number of oxazole rings is 1. The van der Waals surface area contributed by atoms with Crippen LogP contribution in [0.1, 0.15) is 24.3 Å². The van der Waals surface area contributed by atoms with Crippen molar-refractivity contribution in [3.8, 4) is 10.8 Å². The van der Waals surface area contributed by atoms with E-state index in [4.69, 9.17) is 4.42 Å². The summed E-state index contributed by atoms with van der Waals surface area (Å²) >= 11 is 1.59. The number of halogens is 2. The highest BCUT2D eigenvalue weighted by Gasteiger charge is 2.23. The molecule has 0 saturated carbocycles. The normalized spacial score (nSPS) is 14.8. The summed E-state index contributed by atoms with van der Waals surface area (Å²) in [4.78, 5) is 19.9. The number of carbonyl (C=O) groups is 1. The molecule has 0 atom stereocenters. The van der Waals surface area contributed by atoms with Crippen LogP contribution in [0.3, 0.4) is 0 Å². The van der Waals surface area contributed by atoms with Crippen molar-refractivity contribution in [2.45, 2.75) is 32.2 Å². The van der Waals surface area contributed by atoms with Crippen LogP contribution in [0.5, 0.6) is 0 Å². The van der Waals surface area contributed by atoms with Crippen molar-refractivity contribution in [1.29, 1.82) is 0 Å². The van der Waals surface area contributed by atoms with Crippen molar-refractivity contribution in [2.75, 3.05) is 20.1 Å². The van der Waals surface area contributed by atoms with Crippen LogP contribution in [0, 0.1) is 6.92 Å². The van der Waals surface area contributed by atoms with Gasteiger partial charge in [-0.2, -0.15) is 0 Å². The molecule has 0 radical (unpaired) electrons. The van der Waals surface area contributed by atoms with Gasteiger partial charge >= 0.3 is 0 Å². The standard InChI is InChI=1S/C16H21N3O2S.2ClH/c1-11-13(18-16(21-11)14-4-3-9-22-14)10-15(20)19-7-5-12(17-2)6-8-19;;/h3-4,9,12,17H,5-8,10H2,1-2H3;2*1H. The maximum Gasteiger partial charge on any atom is 0.236 e. The van der Waals surface area contributed by atoms with Crippen LogP contribution in [-0.4, -0.2) is 42.0 Å². The predicted octanol–water partition coefficient (Wildman–Crippen LogP) is 3.31. The van der Waals surface area contributed by atoms with E-state index in [0.29, 0.717) is 18.4 Å². The third kappa shape index (κ3) is 4.72. The average molecular weight is 392 g/mol. The molecule has 24 heavy (non-hydrogen) atoms. The topological polar surface area (TPSA) is 58.4 Å². The van der Waals surface area contributed by atoms with Gasteiger partial charge in [0.15, 0.2) is 0 Å². The van der Waals surface area contributed by atoms with Crippen LogP contribution in [-0.2, 0) is 11.2 Å². The second-order valence-electron chi connectivity index (χ2n) is 5.62. The van der Waals surface area contributed by atoms with Crippen LogP contribution in [0.2, 0.25) is 0 Å². The first-order valence-corrected chi connectivity index (χ1v) is 8.50. The SMILES string of the molecule is CNC1CCN(C(=O)Cc2nc(-c3cccs3)oc2C)CC1.Cl.Cl. The molecule has 1 aliphatic rings. The summed E-state index contributed by atoms with van der Waals surface area (Å²) < 4.78 is 5.70. The van der Waals surface area contributed by atoms with E-state index in [0.717, 1.165) is 42.3 Å². The van der Waals surface area contributed by atoms with Crippen molar-refractivity contribution in [3.05, 3.63) is 29.0 Å². The van der Waals surface area contributed by atoms with E-state index in [2.05, 4.69) is 10.3 Å². The molecule has 1 aliphatic heterocycles. The van der Waals surface area contributed by atoms with Gasteiger partial charge in [-0.15, -0.1) is 36.2 Å². The Hall–Kier alpha value is -1.08. The van der Waals surface area contributed by atoms with Gasteiger partial charge in [-0.05, 0) is 38.3 Å². The number of nitrogens with zero attached hydrogens (tertiary/aromatic N) is 2. The van der Waals surface area contributed by atoms with Crippen LogP contribution in [0.4, 0.5) is 0 Å². The van der Waals surface area contributed by atoms with E-state index >= 15 is 0 Å². The highest BCUT2D eigenvalue weighted by molar-refractivity contribution is 7.13. The number of aryl methyl sites for hydroxylation is 1. The third-order valence-corrected chi connectivity index (χ3v) is 5.06. The van der Waals surface area contributed by atoms with E-state index in [1.54, 1.807) is 11.3 Å². The van der Waals surface area contributed by atoms with Crippen LogP contribution in [0.15, 0.2) is 21.9 Å². The number of piperidine rings is 1. The zero-order chi connectivity index (χ0) is 15.5. The van der Waals surface area contributed by atoms with E-state index in [1.807, 2.05) is 36.4 Å². The largest absolute Gasteiger partial charge is 0.440 e. The Morgan fingerprint density at radius 1 is 1.42 bits per heavy atom. The minimum atomic E-state index is 0. The Morgan fingerprint density at radius 3 is 2.71 bits per heavy atom. The van der Waals surface area contributed by atoms with Gasteiger partial charge in [0.05, 0.1) is 17.0 Å². The Balaban J connectivity index is 0.00000144. The fourth-order valence-corrected chi connectivity index (χ4v) is 3.42. The number of nitrogens with one attached hydrogen (secondary N) is 1. The third-order valence-electron chi connectivity index (χ3n) is 4.20. The summed E-state index contributed by atoms with van der Waals surface area (Å²) in [6.45, 7) is 3.51. The van der Waals surface area contributed by atoms with Gasteiger partial charge in [-0.25, -0.2) is 4.98 Å². The van der Waals surface area contributed by atoms with Gasteiger partial charge in [0, 0.05) is 19.1 Å². The molecule has 0 spiro atoms. The van der Waals surface area contributed by atoms with E-state index in [1.165, 1.54) is 0 Å². The Morgan fingerprint density at radius 2 is 2.12 bits per heavy atom. The molecular formula is C16H23Cl2N3O2S. The number of likely N-dealkylation sites (tertiary alicyclic amines) is 1. The van der Waals surface area contributed by atoms with Crippen LogP contribution >= 0.6 is 36.2 Å². The molecule has 1 saturated heterocycles. The number of hydrogen-bond donors (Lipinski definition) is 1. The molecule has 2 aromatic heterocycles. The number of thiophene rings is 1. The van der Waals surface area contributed by atoms with Gasteiger partial charge in [0.1, 0.15) is 5.76 Å². The summed E-state index contributed by atoms with van der Waals surface area (Å²) in [5.74, 6) is 1.50. The quantitative estimate of drug-likeness (QED) is 0.868. The lowest BCUT2D eigenvalue weighted by atomic mass is 10.0. The highest BCUT2D eigenvalue weighted by atomic mass is 35.5. The second-order valence-corrected chi connectivity index (χ2v) is 6.57. The van der Waals surface area contributed by atoms with Crippen LogP contribution < -0.4 is 5.32 Å². The lowest BCUT2D eigenvalue weighted by molar-refractivity contribution is -0.131. The maximum absolute atomic E-state index is 12.4. The summed E-state index contributed by atoms with van der Waals surface area (Å²) in [7, 11) is 1.98. The minimum Gasteiger partial charge on any atom is -0.440 e. The van der Waals surface area contributed by atoms with Gasteiger partial charge < -0.3 is 14.6 Å². The van der Waals surface area contributed by atoms with Crippen molar-refractivity contribution >= 4 is 42.1 Å². The summed E-state index contributed by atoms with van der Waals surface area (Å²) in [5.41, 5.74) is 0.754. The molecule has 0 aromatic carbocycles. The molecule has 134 valence electrons. The lowest BCUT2D eigenvalue weighted by Gasteiger charge is -2.31. The maximum atomic E-state index is 12.4. The smallest absolute Gasteiger partial charge is 0.236 e. The predicted molar refractivity (Wildman–Crippen MR) is 101 cm³/mol. The van der Waals surface area contributed by atoms with Crippen molar-refractivity contribution in [3.63, 3.8) is 0 Å². The van der Waals surface area contributed by atoms with Gasteiger partial charge in [-0.1, -0.05) is 6.07 Å². The highest BCUT2D eigenvalue weighted by Crippen LogP contribution is 2.26.